The number of anilines is 1. The fraction of sp³-hybridized carbons (Fsp3) is 0.190. The molecule has 0 unspecified atom stereocenters. The van der Waals surface area contributed by atoms with Gasteiger partial charge in [-0.2, -0.15) is 0 Å². The van der Waals surface area contributed by atoms with Gasteiger partial charge < -0.3 is 5.32 Å². The van der Waals surface area contributed by atoms with Crippen molar-refractivity contribution in [3.05, 3.63) is 78.4 Å². The maximum atomic E-state index is 11.9. The van der Waals surface area contributed by atoms with Crippen LogP contribution in [0.25, 0.3) is 11.1 Å². The van der Waals surface area contributed by atoms with Crippen LogP contribution in [0.3, 0.4) is 0 Å². The third-order valence-electron chi connectivity index (χ3n) is 4.01. The average molecular weight is 331 g/mol. The summed E-state index contributed by atoms with van der Waals surface area (Å²) in [5.74, 6) is 0.0235. The molecule has 1 aromatic carbocycles. The Morgan fingerprint density at radius 3 is 2.48 bits per heavy atom. The van der Waals surface area contributed by atoms with E-state index in [0.717, 1.165) is 35.3 Å². The van der Waals surface area contributed by atoms with Gasteiger partial charge in [0.25, 0.3) is 0 Å². The number of aromatic nitrogens is 2. The minimum atomic E-state index is 0.0235. The van der Waals surface area contributed by atoms with Crippen molar-refractivity contribution in [1.82, 2.24) is 9.97 Å². The van der Waals surface area contributed by atoms with Crippen molar-refractivity contribution in [1.29, 1.82) is 0 Å². The lowest BCUT2D eigenvalue weighted by atomic mass is 10.0. The SMILES string of the molecule is Cc1ccc(-c2ccc(CCCC(=O)Nc3cccnc3)cc2)cn1. The summed E-state index contributed by atoms with van der Waals surface area (Å²) >= 11 is 0. The van der Waals surface area contributed by atoms with Gasteiger partial charge >= 0.3 is 0 Å². The standard InChI is InChI=1S/C21H21N3O/c1-16-7-10-19(14-23-16)18-11-8-17(9-12-18)4-2-6-21(25)24-20-5-3-13-22-15-20/h3,5,7-15H,2,4,6H2,1H3,(H,24,25). The lowest BCUT2D eigenvalue weighted by molar-refractivity contribution is -0.116. The zero-order valence-corrected chi connectivity index (χ0v) is 14.3. The first kappa shape index (κ1) is 16.8. The van der Waals surface area contributed by atoms with Gasteiger partial charge in [-0.25, -0.2) is 0 Å². The van der Waals surface area contributed by atoms with Gasteiger partial charge in [0.1, 0.15) is 0 Å². The predicted octanol–water partition coefficient (Wildman–Crippen LogP) is 4.41. The molecule has 2 heterocycles. The normalized spacial score (nSPS) is 10.4. The van der Waals surface area contributed by atoms with E-state index in [2.05, 4.69) is 45.6 Å². The molecule has 0 radical (unpaired) electrons. The van der Waals surface area contributed by atoms with E-state index in [1.807, 2.05) is 25.3 Å². The van der Waals surface area contributed by atoms with Crippen molar-refractivity contribution in [3.63, 3.8) is 0 Å². The zero-order chi connectivity index (χ0) is 17.5. The van der Waals surface area contributed by atoms with Crippen LogP contribution in [0.5, 0.6) is 0 Å². The molecule has 0 bridgehead atoms. The summed E-state index contributed by atoms with van der Waals surface area (Å²) in [6.45, 7) is 1.98. The van der Waals surface area contributed by atoms with Crippen LogP contribution in [0, 0.1) is 6.92 Å². The highest BCUT2D eigenvalue weighted by Gasteiger charge is 2.03. The van der Waals surface area contributed by atoms with E-state index in [4.69, 9.17) is 0 Å². The molecular formula is C21H21N3O. The number of aryl methyl sites for hydroxylation is 2. The molecule has 126 valence electrons. The number of hydrogen-bond acceptors (Lipinski definition) is 3. The smallest absolute Gasteiger partial charge is 0.224 e. The predicted molar refractivity (Wildman–Crippen MR) is 100 cm³/mol. The van der Waals surface area contributed by atoms with Crippen LogP contribution in [0.4, 0.5) is 5.69 Å². The Hall–Kier alpha value is -3.01. The second-order valence-electron chi connectivity index (χ2n) is 6.03. The highest BCUT2D eigenvalue weighted by atomic mass is 16.1. The Balaban J connectivity index is 1.48. The molecule has 0 fully saturated rings. The quantitative estimate of drug-likeness (QED) is 0.728. The Morgan fingerprint density at radius 1 is 1.00 bits per heavy atom. The van der Waals surface area contributed by atoms with Crippen LogP contribution in [0.15, 0.2) is 67.1 Å². The molecule has 1 N–H and O–H groups in total. The molecule has 0 saturated heterocycles. The molecule has 0 spiro atoms. The summed E-state index contributed by atoms with van der Waals surface area (Å²) in [5.41, 5.74) is 5.27. The summed E-state index contributed by atoms with van der Waals surface area (Å²) in [6, 6.07) is 16.2. The summed E-state index contributed by atoms with van der Waals surface area (Å²) in [5, 5.41) is 2.85. The molecule has 3 rings (SSSR count). The van der Waals surface area contributed by atoms with Gasteiger partial charge in [0.2, 0.25) is 5.91 Å². The maximum absolute atomic E-state index is 11.9. The molecule has 4 heteroatoms. The van der Waals surface area contributed by atoms with Gasteiger partial charge in [-0.05, 0) is 49.1 Å². The second-order valence-corrected chi connectivity index (χ2v) is 6.03. The molecule has 3 aromatic rings. The van der Waals surface area contributed by atoms with E-state index in [0.29, 0.717) is 6.42 Å². The van der Waals surface area contributed by atoms with Crippen molar-refractivity contribution in [2.24, 2.45) is 0 Å². The van der Waals surface area contributed by atoms with Crippen LogP contribution in [-0.2, 0) is 11.2 Å². The number of benzene rings is 1. The first-order valence-electron chi connectivity index (χ1n) is 8.42. The number of hydrogen-bond donors (Lipinski definition) is 1. The molecule has 0 aliphatic heterocycles. The van der Waals surface area contributed by atoms with Crippen LogP contribution < -0.4 is 5.32 Å². The summed E-state index contributed by atoms with van der Waals surface area (Å²) < 4.78 is 0. The van der Waals surface area contributed by atoms with Crippen molar-refractivity contribution in [3.8, 4) is 11.1 Å². The summed E-state index contributed by atoms with van der Waals surface area (Å²) in [4.78, 5) is 20.2. The van der Waals surface area contributed by atoms with Gasteiger partial charge in [-0.1, -0.05) is 30.3 Å². The number of nitrogens with one attached hydrogen (secondary N) is 1. The molecule has 1 amide bonds. The van der Waals surface area contributed by atoms with Crippen molar-refractivity contribution < 1.29 is 4.79 Å². The number of pyridine rings is 2. The third kappa shape index (κ3) is 4.98. The zero-order valence-electron chi connectivity index (χ0n) is 14.3. The number of nitrogens with zero attached hydrogens (tertiary/aromatic N) is 2. The molecule has 25 heavy (non-hydrogen) atoms. The summed E-state index contributed by atoms with van der Waals surface area (Å²) in [6.07, 6.45) is 7.43. The van der Waals surface area contributed by atoms with E-state index in [1.54, 1.807) is 18.5 Å². The van der Waals surface area contributed by atoms with E-state index >= 15 is 0 Å². The fourth-order valence-corrected chi connectivity index (χ4v) is 2.62. The second kappa shape index (κ2) is 8.20. The molecule has 0 aliphatic carbocycles. The van der Waals surface area contributed by atoms with E-state index in [9.17, 15) is 4.79 Å². The fourth-order valence-electron chi connectivity index (χ4n) is 2.62. The van der Waals surface area contributed by atoms with E-state index in [-0.39, 0.29) is 5.91 Å². The molecule has 0 atom stereocenters. The minimum absolute atomic E-state index is 0.0235. The largest absolute Gasteiger partial charge is 0.325 e. The van der Waals surface area contributed by atoms with E-state index in [1.165, 1.54) is 5.56 Å². The Bertz CT molecular complexity index is 812. The number of rotatable bonds is 6. The van der Waals surface area contributed by atoms with Gasteiger partial charge in [-0.15, -0.1) is 0 Å². The molecular weight excluding hydrogens is 310 g/mol. The number of carbonyl (C=O) groups excluding carboxylic acids is 1. The lowest BCUT2D eigenvalue weighted by Crippen LogP contribution is -2.11. The number of carbonyl (C=O) groups is 1. The van der Waals surface area contributed by atoms with Crippen molar-refractivity contribution in [2.45, 2.75) is 26.2 Å². The first-order chi connectivity index (χ1) is 12.2. The Kier molecular flexibility index (Phi) is 5.52. The topological polar surface area (TPSA) is 54.9 Å². The molecule has 4 nitrogen and oxygen atoms in total. The third-order valence-corrected chi connectivity index (χ3v) is 4.01. The van der Waals surface area contributed by atoms with E-state index < -0.39 is 0 Å². The van der Waals surface area contributed by atoms with Crippen LogP contribution in [0.1, 0.15) is 24.1 Å². The van der Waals surface area contributed by atoms with Crippen molar-refractivity contribution in [2.75, 3.05) is 5.32 Å². The number of amides is 1. The van der Waals surface area contributed by atoms with Crippen LogP contribution in [-0.4, -0.2) is 15.9 Å². The highest BCUT2D eigenvalue weighted by Crippen LogP contribution is 2.19. The molecule has 0 aliphatic rings. The summed E-state index contributed by atoms with van der Waals surface area (Å²) in [7, 11) is 0. The minimum Gasteiger partial charge on any atom is -0.325 e. The molecule has 0 saturated carbocycles. The van der Waals surface area contributed by atoms with Gasteiger partial charge in [0.15, 0.2) is 0 Å². The highest BCUT2D eigenvalue weighted by molar-refractivity contribution is 5.90. The molecule has 2 aromatic heterocycles. The van der Waals surface area contributed by atoms with Gasteiger partial charge in [0, 0.05) is 30.1 Å². The van der Waals surface area contributed by atoms with Crippen LogP contribution >= 0.6 is 0 Å². The van der Waals surface area contributed by atoms with Crippen LogP contribution in [0.2, 0.25) is 0 Å². The van der Waals surface area contributed by atoms with Gasteiger partial charge in [0.05, 0.1) is 11.9 Å². The lowest BCUT2D eigenvalue weighted by Gasteiger charge is -2.06. The average Bonchev–Trinajstić information content (AvgIpc) is 2.64. The van der Waals surface area contributed by atoms with Gasteiger partial charge in [-0.3, -0.25) is 14.8 Å². The maximum Gasteiger partial charge on any atom is 0.224 e. The Labute approximate surface area is 148 Å². The van der Waals surface area contributed by atoms with Crippen molar-refractivity contribution >= 4 is 11.6 Å². The monoisotopic (exact) mass is 331 g/mol. The first-order valence-corrected chi connectivity index (χ1v) is 8.42. The Morgan fingerprint density at radius 2 is 1.80 bits per heavy atom.